The second kappa shape index (κ2) is 6.06. The number of hydrogen-bond acceptors (Lipinski definition) is 2. The lowest BCUT2D eigenvalue weighted by molar-refractivity contribution is -0.115. The summed E-state index contributed by atoms with van der Waals surface area (Å²) in [6.45, 7) is 1.55. The summed E-state index contributed by atoms with van der Waals surface area (Å²) in [6, 6.07) is 6.15. The van der Waals surface area contributed by atoms with Gasteiger partial charge in [-0.3, -0.25) is 4.79 Å². The first-order valence-electron chi connectivity index (χ1n) is 4.49. The van der Waals surface area contributed by atoms with E-state index in [0.717, 1.165) is 0 Å². The number of alkyl halides is 3. The topological polar surface area (TPSA) is 29.1 Å². The minimum absolute atomic E-state index is 0.323. The van der Waals surface area contributed by atoms with Gasteiger partial charge in [0.2, 0.25) is 5.91 Å². The number of halogens is 3. The second-order valence-electron chi connectivity index (χ2n) is 3.01. The lowest BCUT2D eigenvalue weighted by atomic mass is 10.3. The lowest BCUT2D eigenvalue weighted by Gasteiger charge is -2.07. The molecular weight excluding hydrogens is 256 g/mol. The first kappa shape index (κ1) is 13.3. The van der Waals surface area contributed by atoms with Crippen molar-refractivity contribution in [3.05, 3.63) is 24.3 Å². The number of nitrogens with one attached hydrogen (secondary N) is 1. The summed E-state index contributed by atoms with van der Waals surface area (Å²) in [7, 11) is 0. The van der Waals surface area contributed by atoms with Crippen LogP contribution >= 0.6 is 23.4 Å². The smallest absolute Gasteiger partial charge is 0.288 e. The Hall–Kier alpha value is -0.810. The van der Waals surface area contributed by atoms with Crippen molar-refractivity contribution in [3.8, 4) is 0 Å². The number of carbonyl (C=O) groups excluding carboxylic acids is 1. The Morgan fingerprint density at radius 3 is 2.38 bits per heavy atom. The van der Waals surface area contributed by atoms with Crippen molar-refractivity contribution < 1.29 is 13.6 Å². The minimum atomic E-state index is -2.44. The first-order chi connectivity index (χ1) is 7.49. The molecule has 1 rings (SSSR count). The van der Waals surface area contributed by atoms with Crippen LogP contribution in [0, 0.1) is 0 Å². The van der Waals surface area contributed by atoms with Gasteiger partial charge >= 0.3 is 0 Å². The average molecular weight is 266 g/mol. The Kier molecular flexibility index (Phi) is 5.02. The maximum atomic E-state index is 12.0. The zero-order chi connectivity index (χ0) is 12.1. The number of amides is 1. The van der Waals surface area contributed by atoms with E-state index in [2.05, 4.69) is 5.32 Å². The molecule has 1 aromatic rings. The Labute approximate surface area is 101 Å². The van der Waals surface area contributed by atoms with Gasteiger partial charge in [-0.25, -0.2) is 0 Å². The van der Waals surface area contributed by atoms with E-state index in [1.54, 1.807) is 19.1 Å². The first-order valence-corrected chi connectivity index (χ1v) is 5.80. The highest BCUT2D eigenvalue weighted by atomic mass is 35.5. The number of thioether (sulfide) groups is 1. The van der Waals surface area contributed by atoms with Gasteiger partial charge in [0, 0.05) is 10.6 Å². The molecule has 0 aliphatic carbocycles. The maximum absolute atomic E-state index is 12.0. The van der Waals surface area contributed by atoms with Crippen LogP contribution in [0.15, 0.2) is 29.2 Å². The van der Waals surface area contributed by atoms with Gasteiger partial charge in [0.15, 0.2) is 0 Å². The van der Waals surface area contributed by atoms with Gasteiger partial charge in [-0.15, -0.1) is 11.6 Å². The van der Waals surface area contributed by atoms with Crippen LogP contribution in [0.4, 0.5) is 14.5 Å². The monoisotopic (exact) mass is 265 g/mol. The van der Waals surface area contributed by atoms with Crippen LogP contribution in [0.1, 0.15) is 6.92 Å². The van der Waals surface area contributed by atoms with E-state index in [0.29, 0.717) is 22.3 Å². The van der Waals surface area contributed by atoms with Crippen LogP contribution in [-0.4, -0.2) is 17.0 Å². The molecule has 0 fully saturated rings. The fourth-order valence-corrected chi connectivity index (χ4v) is 1.51. The van der Waals surface area contributed by atoms with Gasteiger partial charge in [-0.1, -0.05) is 11.8 Å². The summed E-state index contributed by atoms with van der Waals surface area (Å²) < 4.78 is 24.0. The van der Waals surface area contributed by atoms with E-state index in [4.69, 9.17) is 11.6 Å². The van der Waals surface area contributed by atoms with Gasteiger partial charge in [-0.2, -0.15) is 8.78 Å². The highest BCUT2D eigenvalue weighted by Gasteiger charge is 2.09. The molecule has 0 aliphatic rings. The molecule has 6 heteroatoms. The Morgan fingerprint density at radius 2 is 1.94 bits per heavy atom. The number of rotatable bonds is 4. The molecule has 0 spiro atoms. The van der Waals surface area contributed by atoms with E-state index in [1.807, 2.05) is 0 Å². The van der Waals surface area contributed by atoms with E-state index in [9.17, 15) is 13.6 Å². The Bertz CT molecular complexity index is 356. The zero-order valence-corrected chi connectivity index (χ0v) is 9.99. The van der Waals surface area contributed by atoms with Crippen LogP contribution in [0.3, 0.4) is 0 Å². The molecule has 88 valence electrons. The van der Waals surface area contributed by atoms with E-state index in [1.165, 1.54) is 12.1 Å². The molecule has 0 saturated heterocycles. The van der Waals surface area contributed by atoms with Crippen LogP contribution in [-0.2, 0) is 4.79 Å². The molecule has 1 amide bonds. The van der Waals surface area contributed by atoms with Gasteiger partial charge < -0.3 is 5.32 Å². The van der Waals surface area contributed by atoms with Crippen LogP contribution in [0.2, 0.25) is 0 Å². The molecule has 1 atom stereocenters. The van der Waals surface area contributed by atoms with Crippen molar-refractivity contribution in [2.75, 3.05) is 5.32 Å². The van der Waals surface area contributed by atoms with Crippen molar-refractivity contribution in [2.45, 2.75) is 23.0 Å². The van der Waals surface area contributed by atoms with Gasteiger partial charge in [0.05, 0.1) is 0 Å². The number of hydrogen-bond donors (Lipinski definition) is 1. The van der Waals surface area contributed by atoms with Crippen molar-refractivity contribution in [1.82, 2.24) is 0 Å². The lowest BCUT2D eigenvalue weighted by Crippen LogP contribution is -2.20. The van der Waals surface area contributed by atoms with Gasteiger partial charge in [-0.05, 0) is 31.2 Å². The summed E-state index contributed by atoms with van der Waals surface area (Å²) in [4.78, 5) is 11.7. The number of benzene rings is 1. The summed E-state index contributed by atoms with van der Waals surface area (Å²) in [5.74, 6) is -2.76. The Balaban J connectivity index is 2.61. The van der Waals surface area contributed by atoms with Crippen LogP contribution in [0.5, 0.6) is 0 Å². The third kappa shape index (κ3) is 4.37. The predicted octanol–water partition coefficient (Wildman–Crippen LogP) is 3.57. The van der Waals surface area contributed by atoms with Crippen molar-refractivity contribution in [1.29, 1.82) is 0 Å². The molecule has 1 aromatic carbocycles. The number of carbonyl (C=O) groups is 1. The highest BCUT2D eigenvalue weighted by Crippen LogP contribution is 2.26. The predicted molar refractivity (Wildman–Crippen MR) is 62.2 cm³/mol. The summed E-state index contributed by atoms with van der Waals surface area (Å²) in [5, 5.41) is 1.92. The SMILES string of the molecule is C[C@H](Cl)C(=O)Nc1ccc(SC(F)F)cc1. The minimum Gasteiger partial charge on any atom is -0.325 e. The van der Waals surface area contributed by atoms with E-state index >= 15 is 0 Å². The molecule has 16 heavy (non-hydrogen) atoms. The van der Waals surface area contributed by atoms with E-state index in [-0.39, 0.29) is 5.91 Å². The second-order valence-corrected chi connectivity index (χ2v) is 4.73. The fourth-order valence-electron chi connectivity index (χ4n) is 0.961. The van der Waals surface area contributed by atoms with Crippen LogP contribution < -0.4 is 5.32 Å². The van der Waals surface area contributed by atoms with Gasteiger partial charge in [0.1, 0.15) is 5.38 Å². The number of anilines is 1. The molecule has 0 heterocycles. The standard InChI is InChI=1S/C10H10ClF2NOS/c1-6(11)9(15)14-7-2-4-8(5-3-7)16-10(12)13/h2-6,10H,1H3,(H,14,15)/t6-/m0/s1. The molecule has 1 N–H and O–H groups in total. The molecular formula is C10H10ClF2NOS. The van der Waals surface area contributed by atoms with Crippen molar-refractivity contribution >= 4 is 35.0 Å². The molecule has 0 aromatic heterocycles. The molecule has 0 unspecified atom stereocenters. The van der Waals surface area contributed by atoms with Crippen LogP contribution in [0.25, 0.3) is 0 Å². The summed E-state index contributed by atoms with van der Waals surface area (Å²) in [6.07, 6.45) is 0. The fraction of sp³-hybridized carbons (Fsp3) is 0.300. The zero-order valence-electron chi connectivity index (χ0n) is 8.41. The Morgan fingerprint density at radius 1 is 1.38 bits per heavy atom. The van der Waals surface area contributed by atoms with Gasteiger partial charge in [0.25, 0.3) is 5.76 Å². The molecule has 0 bridgehead atoms. The van der Waals surface area contributed by atoms with Crippen molar-refractivity contribution in [3.63, 3.8) is 0 Å². The normalized spacial score (nSPS) is 12.6. The summed E-state index contributed by atoms with van der Waals surface area (Å²) in [5.41, 5.74) is 0.538. The summed E-state index contributed by atoms with van der Waals surface area (Å²) >= 11 is 6.02. The maximum Gasteiger partial charge on any atom is 0.288 e. The molecule has 0 saturated carbocycles. The third-order valence-electron chi connectivity index (χ3n) is 1.71. The average Bonchev–Trinajstić information content (AvgIpc) is 2.20. The van der Waals surface area contributed by atoms with E-state index < -0.39 is 11.1 Å². The quantitative estimate of drug-likeness (QED) is 0.666. The van der Waals surface area contributed by atoms with Crippen molar-refractivity contribution in [2.24, 2.45) is 0 Å². The highest BCUT2D eigenvalue weighted by molar-refractivity contribution is 7.99. The molecule has 0 radical (unpaired) electrons. The molecule has 2 nitrogen and oxygen atoms in total. The molecule has 0 aliphatic heterocycles. The third-order valence-corrected chi connectivity index (χ3v) is 2.63. The largest absolute Gasteiger partial charge is 0.325 e.